The fourth-order valence-electron chi connectivity index (χ4n) is 2.17. The molecule has 1 unspecified atom stereocenters. The minimum Gasteiger partial charge on any atom is -0.388 e. The summed E-state index contributed by atoms with van der Waals surface area (Å²) in [6, 6.07) is 9.99. The highest BCUT2D eigenvalue weighted by Crippen LogP contribution is 2.24. The Balaban J connectivity index is 2.24. The van der Waals surface area contributed by atoms with Crippen molar-refractivity contribution in [3.63, 3.8) is 0 Å². The molecule has 1 aromatic carbocycles. The number of aliphatic hydroxyl groups excluding tert-OH is 1. The average Bonchev–Trinajstić information content (AvgIpc) is 2.35. The van der Waals surface area contributed by atoms with Crippen LogP contribution in [0.15, 0.2) is 36.5 Å². The van der Waals surface area contributed by atoms with E-state index >= 15 is 0 Å². The molecular weight excluding hydrogens is 222 g/mol. The lowest BCUT2D eigenvalue weighted by molar-refractivity contribution is 0.176. The topological polar surface area (TPSA) is 33.1 Å². The van der Waals surface area contributed by atoms with Crippen molar-refractivity contribution in [1.82, 2.24) is 4.98 Å². The second-order valence-electron chi connectivity index (χ2n) is 4.83. The van der Waals surface area contributed by atoms with Crippen LogP contribution in [0.5, 0.6) is 0 Å². The summed E-state index contributed by atoms with van der Waals surface area (Å²) in [5.74, 6) is 0. The molecule has 0 aliphatic rings. The lowest BCUT2D eigenvalue weighted by Crippen LogP contribution is -2.06. The van der Waals surface area contributed by atoms with E-state index in [2.05, 4.69) is 31.0 Å². The highest BCUT2D eigenvalue weighted by Gasteiger charge is 2.13. The summed E-state index contributed by atoms with van der Waals surface area (Å²) in [4.78, 5) is 4.25. The Morgan fingerprint density at radius 1 is 1.06 bits per heavy atom. The summed E-state index contributed by atoms with van der Waals surface area (Å²) in [6.45, 7) is 6.21. The van der Waals surface area contributed by atoms with Crippen LogP contribution < -0.4 is 0 Å². The molecule has 0 saturated carbocycles. The van der Waals surface area contributed by atoms with Crippen LogP contribution in [0.2, 0.25) is 0 Å². The lowest BCUT2D eigenvalue weighted by atomic mass is 9.95. The number of benzene rings is 1. The molecule has 0 fully saturated rings. The number of aromatic nitrogens is 1. The van der Waals surface area contributed by atoms with Crippen LogP contribution in [-0.4, -0.2) is 10.1 Å². The molecule has 0 amide bonds. The number of aliphatic hydroxyl groups is 1. The maximum absolute atomic E-state index is 10.3. The van der Waals surface area contributed by atoms with Gasteiger partial charge in [0.1, 0.15) is 0 Å². The first-order valence-electron chi connectivity index (χ1n) is 6.23. The SMILES string of the molecule is Cc1cc(C)c(C(O)Cc2ccccn2)cc1C. The Labute approximate surface area is 108 Å². The van der Waals surface area contributed by atoms with Crippen molar-refractivity contribution in [2.24, 2.45) is 0 Å². The molecule has 18 heavy (non-hydrogen) atoms. The second-order valence-corrected chi connectivity index (χ2v) is 4.83. The lowest BCUT2D eigenvalue weighted by Gasteiger charge is -2.15. The summed E-state index contributed by atoms with van der Waals surface area (Å²) in [6.07, 6.45) is 1.83. The molecule has 0 bridgehead atoms. The molecule has 0 spiro atoms. The van der Waals surface area contributed by atoms with E-state index in [0.717, 1.165) is 16.8 Å². The standard InChI is InChI=1S/C16H19NO/c1-11-8-13(3)15(9-12(11)2)16(18)10-14-6-4-5-7-17-14/h4-9,16,18H,10H2,1-3H3. The van der Waals surface area contributed by atoms with Crippen molar-refractivity contribution < 1.29 is 5.11 Å². The third kappa shape index (κ3) is 2.77. The van der Waals surface area contributed by atoms with Gasteiger partial charge in [0.15, 0.2) is 0 Å². The second kappa shape index (κ2) is 5.32. The van der Waals surface area contributed by atoms with Crippen molar-refractivity contribution in [2.45, 2.75) is 33.3 Å². The largest absolute Gasteiger partial charge is 0.388 e. The van der Waals surface area contributed by atoms with Gasteiger partial charge in [0.05, 0.1) is 6.10 Å². The molecule has 2 nitrogen and oxygen atoms in total. The van der Waals surface area contributed by atoms with Crippen molar-refractivity contribution >= 4 is 0 Å². The quantitative estimate of drug-likeness (QED) is 0.894. The molecule has 1 heterocycles. The van der Waals surface area contributed by atoms with Crippen molar-refractivity contribution in [1.29, 1.82) is 0 Å². The molecule has 1 aromatic heterocycles. The van der Waals surface area contributed by atoms with Crippen LogP contribution in [0.1, 0.15) is 34.1 Å². The molecule has 1 N–H and O–H groups in total. The van der Waals surface area contributed by atoms with Crippen molar-refractivity contribution in [2.75, 3.05) is 0 Å². The molecule has 2 rings (SSSR count). The molecule has 0 aliphatic heterocycles. The Kier molecular flexibility index (Phi) is 3.78. The van der Waals surface area contributed by atoms with Gasteiger partial charge in [-0.25, -0.2) is 0 Å². The third-order valence-electron chi connectivity index (χ3n) is 3.37. The van der Waals surface area contributed by atoms with Crippen LogP contribution in [0.4, 0.5) is 0 Å². The Morgan fingerprint density at radius 3 is 2.44 bits per heavy atom. The van der Waals surface area contributed by atoms with Gasteiger partial charge in [0.25, 0.3) is 0 Å². The summed E-state index contributed by atoms with van der Waals surface area (Å²) < 4.78 is 0. The average molecular weight is 241 g/mol. The van der Waals surface area contributed by atoms with Crippen molar-refractivity contribution in [3.05, 3.63) is 64.5 Å². The summed E-state index contributed by atoms with van der Waals surface area (Å²) in [5, 5.41) is 10.3. The number of nitrogens with zero attached hydrogens (tertiary/aromatic N) is 1. The predicted octanol–water partition coefficient (Wildman–Crippen LogP) is 3.28. The van der Waals surface area contributed by atoms with Gasteiger partial charge in [0, 0.05) is 18.3 Å². The normalized spacial score (nSPS) is 12.4. The first-order chi connectivity index (χ1) is 8.58. The van der Waals surface area contributed by atoms with Gasteiger partial charge in [-0.3, -0.25) is 4.98 Å². The number of aryl methyl sites for hydroxylation is 3. The van der Waals surface area contributed by atoms with E-state index in [0.29, 0.717) is 6.42 Å². The fourth-order valence-corrected chi connectivity index (χ4v) is 2.17. The zero-order valence-electron chi connectivity index (χ0n) is 11.1. The Bertz CT molecular complexity index is 534. The van der Waals surface area contributed by atoms with Crippen LogP contribution in [0.25, 0.3) is 0 Å². The van der Waals surface area contributed by atoms with Gasteiger partial charge in [0.2, 0.25) is 0 Å². The van der Waals surface area contributed by atoms with E-state index in [1.54, 1.807) is 6.20 Å². The highest BCUT2D eigenvalue weighted by molar-refractivity contribution is 5.38. The van der Waals surface area contributed by atoms with Crippen molar-refractivity contribution in [3.8, 4) is 0 Å². The fraction of sp³-hybridized carbons (Fsp3) is 0.312. The molecule has 0 aliphatic carbocycles. The minimum atomic E-state index is -0.487. The van der Waals surface area contributed by atoms with E-state index in [9.17, 15) is 5.11 Å². The zero-order valence-corrected chi connectivity index (χ0v) is 11.1. The third-order valence-corrected chi connectivity index (χ3v) is 3.37. The van der Waals surface area contributed by atoms with Crippen LogP contribution in [0.3, 0.4) is 0 Å². The molecular formula is C16H19NO. The number of hydrogen-bond donors (Lipinski definition) is 1. The first kappa shape index (κ1) is 12.8. The van der Waals surface area contributed by atoms with Gasteiger partial charge >= 0.3 is 0 Å². The maximum Gasteiger partial charge on any atom is 0.0848 e. The number of pyridine rings is 1. The maximum atomic E-state index is 10.3. The summed E-state index contributed by atoms with van der Waals surface area (Å²) >= 11 is 0. The Morgan fingerprint density at radius 2 is 1.78 bits per heavy atom. The first-order valence-corrected chi connectivity index (χ1v) is 6.23. The summed E-state index contributed by atoms with van der Waals surface area (Å²) in [7, 11) is 0. The van der Waals surface area contributed by atoms with Gasteiger partial charge < -0.3 is 5.11 Å². The van der Waals surface area contributed by atoms with Gasteiger partial charge in [-0.1, -0.05) is 18.2 Å². The predicted molar refractivity (Wildman–Crippen MR) is 73.6 cm³/mol. The molecule has 0 saturated heterocycles. The molecule has 1 atom stereocenters. The van der Waals surface area contributed by atoms with Crippen LogP contribution in [-0.2, 0) is 6.42 Å². The summed E-state index contributed by atoms with van der Waals surface area (Å²) in [5.41, 5.74) is 5.55. The molecule has 2 aromatic rings. The molecule has 2 heteroatoms. The number of rotatable bonds is 3. The highest BCUT2D eigenvalue weighted by atomic mass is 16.3. The van der Waals surface area contributed by atoms with E-state index in [4.69, 9.17) is 0 Å². The van der Waals surface area contributed by atoms with Gasteiger partial charge in [-0.05, 0) is 55.2 Å². The molecule has 94 valence electrons. The van der Waals surface area contributed by atoms with Crippen LogP contribution >= 0.6 is 0 Å². The van der Waals surface area contributed by atoms with E-state index in [1.807, 2.05) is 25.1 Å². The zero-order chi connectivity index (χ0) is 13.1. The minimum absolute atomic E-state index is 0.487. The van der Waals surface area contributed by atoms with E-state index in [1.165, 1.54) is 11.1 Å². The monoisotopic (exact) mass is 241 g/mol. The Hall–Kier alpha value is -1.67. The number of hydrogen-bond acceptors (Lipinski definition) is 2. The molecule has 0 radical (unpaired) electrons. The van der Waals surface area contributed by atoms with Gasteiger partial charge in [-0.2, -0.15) is 0 Å². The van der Waals surface area contributed by atoms with E-state index < -0.39 is 6.10 Å². The van der Waals surface area contributed by atoms with E-state index in [-0.39, 0.29) is 0 Å². The van der Waals surface area contributed by atoms with Gasteiger partial charge in [-0.15, -0.1) is 0 Å². The van der Waals surface area contributed by atoms with Crippen LogP contribution in [0, 0.1) is 20.8 Å². The smallest absolute Gasteiger partial charge is 0.0848 e.